The van der Waals surface area contributed by atoms with Gasteiger partial charge in [0, 0.05) is 44.8 Å². The summed E-state index contributed by atoms with van der Waals surface area (Å²) in [5.41, 5.74) is 0.720. The molecule has 0 N–H and O–H groups in total. The van der Waals surface area contributed by atoms with Crippen molar-refractivity contribution >= 4 is 12.1 Å². The van der Waals surface area contributed by atoms with Gasteiger partial charge in [0.25, 0.3) is 0 Å². The van der Waals surface area contributed by atoms with Gasteiger partial charge in [-0.05, 0) is 18.6 Å². The molecule has 6 nitrogen and oxygen atoms in total. The lowest BCUT2D eigenvalue weighted by atomic mass is 9.63. The summed E-state index contributed by atoms with van der Waals surface area (Å²) in [7, 11) is 4.78. The number of carbonyl (C=O) groups excluding carboxylic acids is 2. The molecule has 0 saturated heterocycles. The minimum atomic E-state index is -0.598. The third-order valence-corrected chi connectivity index (χ3v) is 5.21. The molecule has 0 spiro atoms. The lowest BCUT2D eigenvalue weighted by molar-refractivity contribution is -0.133. The Morgan fingerprint density at radius 2 is 2.08 bits per heavy atom. The topological polar surface area (TPSA) is 71.1 Å². The summed E-state index contributed by atoms with van der Waals surface area (Å²) in [6.45, 7) is 0.475. The van der Waals surface area contributed by atoms with Crippen molar-refractivity contribution in [2.75, 3.05) is 27.9 Å². The molecule has 1 aromatic carbocycles. The molecular formula is C18H22O6. The van der Waals surface area contributed by atoms with Crippen LogP contribution in [-0.2, 0) is 19.7 Å². The number of ketones is 1. The zero-order valence-corrected chi connectivity index (χ0v) is 14.2. The quantitative estimate of drug-likeness (QED) is 0.740. The van der Waals surface area contributed by atoms with Crippen molar-refractivity contribution in [3.63, 3.8) is 0 Å². The first-order valence-corrected chi connectivity index (χ1v) is 7.99. The maximum atomic E-state index is 12.2. The summed E-state index contributed by atoms with van der Waals surface area (Å²) in [6, 6.07) is 3.45. The molecule has 1 aliphatic carbocycles. The average Bonchev–Trinajstić information content (AvgIpc) is 2.93. The molecule has 3 rings (SSSR count). The van der Waals surface area contributed by atoms with Gasteiger partial charge in [0.1, 0.15) is 18.2 Å². The number of rotatable bonds is 6. The van der Waals surface area contributed by atoms with Crippen molar-refractivity contribution in [1.82, 2.24) is 0 Å². The van der Waals surface area contributed by atoms with E-state index in [0.29, 0.717) is 42.9 Å². The van der Waals surface area contributed by atoms with E-state index in [1.54, 1.807) is 33.5 Å². The Hall–Kier alpha value is -1.92. The van der Waals surface area contributed by atoms with E-state index in [1.807, 2.05) is 0 Å². The Labute approximate surface area is 141 Å². The van der Waals surface area contributed by atoms with Crippen molar-refractivity contribution in [3.05, 3.63) is 23.3 Å². The Kier molecular flexibility index (Phi) is 4.60. The molecule has 0 radical (unpaired) electrons. The molecule has 0 bridgehead atoms. The molecule has 1 saturated carbocycles. The predicted molar refractivity (Wildman–Crippen MR) is 86.0 cm³/mol. The standard InChI is InChI=1S/C18H22O6/c1-21-7-6-18-14(23-3)8-12(20)9-15(18)24-17-13(22-2)5-4-11(10-19)16(17)18/h4-5,10,14-15H,6-9H2,1-3H3/t14-,15-,18+/m0/s1. The summed E-state index contributed by atoms with van der Waals surface area (Å²) in [5, 5.41) is 0. The van der Waals surface area contributed by atoms with E-state index in [1.165, 1.54) is 0 Å². The normalized spacial score (nSPS) is 28.0. The van der Waals surface area contributed by atoms with Crippen molar-refractivity contribution < 1.29 is 28.5 Å². The van der Waals surface area contributed by atoms with Crippen LogP contribution < -0.4 is 9.47 Å². The number of methoxy groups -OCH3 is 3. The minimum absolute atomic E-state index is 0.0966. The molecule has 6 heteroatoms. The fourth-order valence-electron chi connectivity index (χ4n) is 4.13. The van der Waals surface area contributed by atoms with Crippen LogP contribution in [0.4, 0.5) is 0 Å². The fraction of sp³-hybridized carbons (Fsp3) is 0.556. The first-order valence-electron chi connectivity index (χ1n) is 7.99. The Bertz CT molecular complexity index is 655. The van der Waals surface area contributed by atoms with E-state index in [9.17, 15) is 9.59 Å². The maximum Gasteiger partial charge on any atom is 0.166 e. The molecule has 3 atom stereocenters. The number of hydrogen-bond donors (Lipinski definition) is 0. The summed E-state index contributed by atoms with van der Waals surface area (Å²) in [4.78, 5) is 23.8. The van der Waals surface area contributed by atoms with Gasteiger partial charge in [-0.1, -0.05) is 0 Å². The van der Waals surface area contributed by atoms with Crippen LogP contribution in [0.2, 0.25) is 0 Å². The van der Waals surface area contributed by atoms with Crippen LogP contribution in [0.3, 0.4) is 0 Å². The van der Waals surface area contributed by atoms with E-state index < -0.39 is 5.41 Å². The summed E-state index contributed by atoms with van der Waals surface area (Å²) >= 11 is 0. The first kappa shape index (κ1) is 16.9. The van der Waals surface area contributed by atoms with Crippen LogP contribution in [-0.4, -0.2) is 52.2 Å². The van der Waals surface area contributed by atoms with Crippen LogP contribution in [0, 0.1) is 0 Å². The first-order chi connectivity index (χ1) is 11.6. The van der Waals surface area contributed by atoms with Gasteiger partial charge in [0.05, 0.1) is 18.6 Å². The van der Waals surface area contributed by atoms with Crippen LogP contribution in [0.1, 0.15) is 35.2 Å². The highest BCUT2D eigenvalue weighted by molar-refractivity contribution is 5.86. The Morgan fingerprint density at radius 1 is 1.29 bits per heavy atom. The van der Waals surface area contributed by atoms with Gasteiger partial charge >= 0.3 is 0 Å². The lowest BCUT2D eigenvalue weighted by Crippen LogP contribution is -2.55. The molecule has 1 heterocycles. The van der Waals surface area contributed by atoms with Crippen molar-refractivity contribution in [1.29, 1.82) is 0 Å². The highest BCUT2D eigenvalue weighted by atomic mass is 16.5. The number of fused-ring (bicyclic) bond motifs is 3. The SMILES string of the molecule is COCC[C@]12c3c(C=O)ccc(OC)c3O[C@H]1CC(=O)C[C@@H]2OC. The number of benzene rings is 1. The predicted octanol–water partition coefficient (Wildman–Crippen LogP) is 1.92. The number of aldehydes is 1. The lowest BCUT2D eigenvalue weighted by Gasteiger charge is -2.43. The molecule has 1 aromatic rings. The fourth-order valence-corrected chi connectivity index (χ4v) is 4.13. The van der Waals surface area contributed by atoms with E-state index in [2.05, 4.69) is 0 Å². The van der Waals surface area contributed by atoms with Gasteiger partial charge in [0.2, 0.25) is 0 Å². The van der Waals surface area contributed by atoms with Gasteiger partial charge in [0.15, 0.2) is 11.5 Å². The van der Waals surface area contributed by atoms with Crippen molar-refractivity contribution in [3.8, 4) is 11.5 Å². The average molecular weight is 334 g/mol. The molecular weight excluding hydrogens is 312 g/mol. The minimum Gasteiger partial charge on any atom is -0.493 e. The van der Waals surface area contributed by atoms with Gasteiger partial charge in [-0.3, -0.25) is 9.59 Å². The van der Waals surface area contributed by atoms with Crippen LogP contribution in [0.15, 0.2) is 12.1 Å². The third-order valence-electron chi connectivity index (χ3n) is 5.21. The number of hydrogen-bond acceptors (Lipinski definition) is 6. The Balaban J connectivity index is 2.24. The molecule has 1 aliphatic heterocycles. The van der Waals surface area contributed by atoms with Gasteiger partial charge < -0.3 is 18.9 Å². The number of carbonyl (C=O) groups is 2. The second-order valence-electron chi connectivity index (χ2n) is 6.24. The van der Waals surface area contributed by atoms with Crippen molar-refractivity contribution in [2.45, 2.75) is 36.9 Å². The second-order valence-corrected chi connectivity index (χ2v) is 6.24. The smallest absolute Gasteiger partial charge is 0.166 e. The highest BCUT2D eigenvalue weighted by Crippen LogP contribution is 2.56. The molecule has 0 aromatic heterocycles. The van der Waals surface area contributed by atoms with E-state index in [4.69, 9.17) is 18.9 Å². The van der Waals surface area contributed by atoms with Crippen LogP contribution in [0.5, 0.6) is 11.5 Å². The van der Waals surface area contributed by atoms with Crippen molar-refractivity contribution in [2.24, 2.45) is 0 Å². The summed E-state index contributed by atoms with van der Waals surface area (Å²) in [6.07, 6.45) is 1.26. The highest BCUT2D eigenvalue weighted by Gasteiger charge is 2.59. The van der Waals surface area contributed by atoms with Crippen LogP contribution >= 0.6 is 0 Å². The van der Waals surface area contributed by atoms with Crippen LogP contribution in [0.25, 0.3) is 0 Å². The molecule has 2 aliphatic rings. The van der Waals surface area contributed by atoms with Gasteiger partial charge in [-0.2, -0.15) is 0 Å². The molecule has 24 heavy (non-hydrogen) atoms. The summed E-state index contributed by atoms with van der Waals surface area (Å²) < 4.78 is 22.5. The molecule has 0 amide bonds. The van der Waals surface area contributed by atoms with E-state index in [0.717, 1.165) is 11.8 Å². The zero-order chi connectivity index (χ0) is 17.3. The molecule has 1 fully saturated rings. The largest absolute Gasteiger partial charge is 0.493 e. The zero-order valence-electron chi connectivity index (χ0n) is 14.2. The van der Waals surface area contributed by atoms with E-state index in [-0.39, 0.29) is 18.0 Å². The van der Waals surface area contributed by atoms with Gasteiger partial charge in [-0.15, -0.1) is 0 Å². The Morgan fingerprint density at radius 3 is 2.71 bits per heavy atom. The second kappa shape index (κ2) is 6.53. The summed E-state index contributed by atoms with van der Waals surface area (Å²) in [5.74, 6) is 1.20. The third kappa shape index (κ3) is 2.32. The molecule has 130 valence electrons. The number of Topliss-reactive ketones (excluding diaryl/α,β-unsaturated/α-hetero) is 1. The maximum absolute atomic E-state index is 12.2. The van der Waals surface area contributed by atoms with E-state index >= 15 is 0 Å². The number of ether oxygens (including phenoxy) is 4. The molecule has 0 unspecified atom stereocenters. The monoisotopic (exact) mass is 334 g/mol. The van der Waals surface area contributed by atoms with Gasteiger partial charge in [-0.25, -0.2) is 0 Å².